The van der Waals surface area contributed by atoms with Crippen molar-refractivity contribution in [1.29, 1.82) is 0 Å². The maximum atomic E-state index is 5.51. The summed E-state index contributed by atoms with van der Waals surface area (Å²) in [6.07, 6.45) is 0. The molecule has 2 heterocycles. The summed E-state index contributed by atoms with van der Waals surface area (Å²) in [5, 5.41) is 0. The fourth-order valence-electron chi connectivity index (χ4n) is 1.36. The molecule has 0 N–H and O–H groups in total. The van der Waals surface area contributed by atoms with Gasteiger partial charge in [-0.3, -0.25) is 0 Å². The van der Waals surface area contributed by atoms with Gasteiger partial charge < -0.3 is 0 Å². The van der Waals surface area contributed by atoms with E-state index in [0.29, 0.717) is 0 Å². The van der Waals surface area contributed by atoms with Crippen molar-refractivity contribution in [2.45, 2.75) is 0 Å². The van der Waals surface area contributed by atoms with E-state index in [0.717, 1.165) is 26.4 Å². The van der Waals surface area contributed by atoms with Crippen molar-refractivity contribution in [3.8, 4) is 0 Å². The van der Waals surface area contributed by atoms with Crippen molar-refractivity contribution in [2.24, 2.45) is 0 Å². The van der Waals surface area contributed by atoms with E-state index in [1.165, 1.54) is 23.0 Å². The van der Waals surface area contributed by atoms with Crippen LogP contribution in [0.3, 0.4) is 0 Å². The zero-order valence-corrected chi connectivity index (χ0v) is 14.0. The third-order valence-electron chi connectivity index (χ3n) is 2.03. The Morgan fingerprint density at radius 2 is 0.933 bits per heavy atom. The summed E-state index contributed by atoms with van der Waals surface area (Å²) in [5.74, 6) is 4.81. The molecule has 2 nitrogen and oxygen atoms in total. The van der Waals surface area contributed by atoms with E-state index in [1.807, 2.05) is 0 Å². The van der Waals surface area contributed by atoms with Crippen molar-refractivity contribution < 1.29 is 9.47 Å². The van der Waals surface area contributed by atoms with Gasteiger partial charge in [-0.2, -0.15) is 0 Å². The molecule has 0 bridgehead atoms. The van der Waals surface area contributed by atoms with Crippen LogP contribution in [0.5, 0.6) is 0 Å². The second-order valence-electron chi connectivity index (χ2n) is 3.12. The first-order valence-corrected chi connectivity index (χ1v) is 19.3. The van der Waals surface area contributed by atoms with Gasteiger partial charge in [0.15, 0.2) is 0 Å². The van der Waals surface area contributed by atoms with Crippen molar-refractivity contribution in [3.63, 3.8) is 0 Å². The van der Waals surface area contributed by atoms with Gasteiger partial charge >= 0.3 is 108 Å². The average molecular weight is 345 g/mol. The minimum absolute atomic E-state index is 0.954. The molecule has 7 heteroatoms. The molecule has 2 fully saturated rings. The van der Waals surface area contributed by atoms with E-state index in [1.54, 1.807) is 0 Å². The van der Waals surface area contributed by atoms with Crippen LogP contribution in [0.15, 0.2) is 0 Å². The zero-order chi connectivity index (χ0) is 10.4. The van der Waals surface area contributed by atoms with Crippen LogP contribution in [0.4, 0.5) is 0 Å². The van der Waals surface area contributed by atoms with Crippen LogP contribution in [-0.2, 0) is 9.47 Å². The average Bonchev–Trinajstić information content (AvgIpc) is 2.15. The number of hydrogen-bond donors (Lipinski definition) is 0. The van der Waals surface area contributed by atoms with Gasteiger partial charge in [-0.25, -0.2) is 0 Å². The van der Waals surface area contributed by atoms with E-state index in [-0.39, 0.29) is 0 Å². The monoisotopic (exact) mass is 346 g/mol. The second kappa shape index (κ2) is 7.33. The van der Waals surface area contributed by atoms with Gasteiger partial charge in [-0.05, 0) is 0 Å². The summed E-state index contributed by atoms with van der Waals surface area (Å²) >= 11 is 0. The summed E-state index contributed by atoms with van der Waals surface area (Å²) in [7, 11) is 7.19. The van der Waals surface area contributed by atoms with Crippen LogP contribution < -0.4 is 0 Å². The van der Waals surface area contributed by atoms with E-state index < -0.39 is 8.70 Å². The summed E-state index contributed by atoms with van der Waals surface area (Å²) in [6, 6.07) is 0. The number of rotatable bonds is 0. The van der Waals surface area contributed by atoms with Crippen LogP contribution in [0.2, 0.25) is 0 Å². The molecule has 0 radical (unpaired) electrons. The zero-order valence-electron chi connectivity index (χ0n) is 8.61. The van der Waals surface area contributed by atoms with Crippen LogP contribution >= 0.6 is 40.3 Å². The molecule has 2 rings (SSSR count). The van der Waals surface area contributed by atoms with Gasteiger partial charge in [0, 0.05) is 0 Å². The van der Waals surface area contributed by atoms with Crippen molar-refractivity contribution in [2.75, 3.05) is 49.4 Å². The summed E-state index contributed by atoms with van der Waals surface area (Å²) in [6.45, 7) is 3.82. The Bertz CT molecular complexity index is 156. The first-order chi connectivity index (χ1) is 7.41. The summed E-state index contributed by atoms with van der Waals surface area (Å²) in [5.41, 5.74) is 0. The molecule has 2 aliphatic rings. The maximum absolute atomic E-state index is 5.51. The first kappa shape index (κ1) is 13.3. The molecule has 1 spiro atoms. The topological polar surface area (TPSA) is 18.5 Å². The summed E-state index contributed by atoms with van der Waals surface area (Å²) < 4.78 is 11.0. The van der Waals surface area contributed by atoms with E-state index in [4.69, 9.17) is 9.47 Å². The van der Waals surface area contributed by atoms with Gasteiger partial charge in [-0.1, -0.05) is 0 Å². The van der Waals surface area contributed by atoms with Gasteiger partial charge in [0.2, 0.25) is 0 Å². The quantitative estimate of drug-likeness (QED) is 0.624. The Morgan fingerprint density at radius 1 is 0.600 bits per heavy atom. The molecule has 88 valence electrons. The van der Waals surface area contributed by atoms with Crippen LogP contribution in [0, 0.1) is 0 Å². The predicted molar refractivity (Wildman–Crippen MR) is 77.2 cm³/mol. The first-order valence-electron chi connectivity index (χ1n) is 5.13. The normalized spacial score (nSPS) is 28.8. The fraction of sp³-hybridized carbons (Fsp3) is 1.00. The molecular weight excluding hydrogens is 329 g/mol. The Balaban J connectivity index is 1.92. The third kappa shape index (κ3) is 4.56. The number of ether oxygens (including phenoxy) is 2. The molecular formula is C8H16GeO2S4. The van der Waals surface area contributed by atoms with Crippen molar-refractivity contribution >= 4 is 49.0 Å². The van der Waals surface area contributed by atoms with Crippen LogP contribution in [0.25, 0.3) is 0 Å². The Morgan fingerprint density at radius 3 is 1.27 bits per heavy atom. The Hall–Kier alpha value is 1.86. The molecule has 0 unspecified atom stereocenters. The van der Waals surface area contributed by atoms with E-state index in [9.17, 15) is 0 Å². The standard InChI is InChI=1S/C8H16GeO2S4/c1-5-12-9(13-6-2-10-1)14-7-3-11-4-8-15-9/h1-8H2. The van der Waals surface area contributed by atoms with Gasteiger partial charge in [0.05, 0.1) is 0 Å². The summed E-state index contributed by atoms with van der Waals surface area (Å²) in [4.78, 5) is 0. The molecule has 0 amide bonds. The molecule has 0 atom stereocenters. The van der Waals surface area contributed by atoms with Crippen molar-refractivity contribution in [3.05, 3.63) is 0 Å². The number of hydrogen-bond acceptors (Lipinski definition) is 6. The molecule has 15 heavy (non-hydrogen) atoms. The van der Waals surface area contributed by atoms with Crippen molar-refractivity contribution in [1.82, 2.24) is 0 Å². The predicted octanol–water partition coefficient (Wildman–Crippen LogP) is 2.42. The molecule has 2 saturated heterocycles. The van der Waals surface area contributed by atoms with Crippen LogP contribution in [-0.4, -0.2) is 58.1 Å². The van der Waals surface area contributed by atoms with Gasteiger partial charge in [0.1, 0.15) is 0 Å². The third-order valence-corrected chi connectivity index (χ3v) is 41.0. The van der Waals surface area contributed by atoms with E-state index >= 15 is 0 Å². The Kier molecular flexibility index (Phi) is 6.50. The molecule has 0 aromatic rings. The Labute approximate surface area is 107 Å². The van der Waals surface area contributed by atoms with Gasteiger partial charge in [0.25, 0.3) is 0 Å². The molecule has 0 saturated carbocycles. The molecule has 0 aliphatic carbocycles. The van der Waals surface area contributed by atoms with E-state index in [2.05, 4.69) is 40.3 Å². The second-order valence-corrected chi connectivity index (χ2v) is 36.1. The minimum atomic E-state index is -1.77. The SMILES string of the molecule is C1C[S][Ge]2([S]CCO1)[S]CCOCC[S]2. The fourth-order valence-corrected chi connectivity index (χ4v) is 38.6. The molecule has 0 aromatic heterocycles. The van der Waals surface area contributed by atoms with Gasteiger partial charge in [-0.15, -0.1) is 0 Å². The molecule has 0 aromatic carbocycles. The molecule has 2 aliphatic heterocycles. The van der Waals surface area contributed by atoms with Crippen LogP contribution in [0.1, 0.15) is 0 Å².